The second kappa shape index (κ2) is 3.50. The second-order valence-electron chi connectivity index (χ2n) is 2.56. The molecule has 1 aromatic heterocycles. The standard InChI is InChI=1S/C8H12BN/c1-3-7(2)8-5-4-6-9-10-8/h4-7H,3H2,1-2H3. The Morgan fingerprint density at radius 2 is 2.50 bits per heavy atom. The summed E-state index contributed by atoms with van der Waals surface area (Å²) in [5.41, 5.74) is 1.20. The van der Waals surface area contributed by atoms with E-state index in [1.54, 1.807) is 0 Å². The van der Waals surface area contributed by atoms with Crippen molar-refractivity contribution in [3.8, 4) is 0 Å². The van der Waals surface area contributed by atoms with Crippen LogP contribution in [0.4, 0.5) is 0 Å². The third kappa shape index (κ3) is 1.66. The van der Waals surface area contributed by atoms with Crippen LogP contribution >= 0.6 is 0 Å². The molecule has 2 heteroatoms. The second-order valence-corrected chi connectivity index (χ2v) is 2.56. The molecule has 1 atom stereocenters. The van der Waals surface area contributed by atoms with E-state index in [1.165, 1.54) is 5.69 Å². The van der Waals surface area contributed by atoms with Crippen LogP contribution in [0, 0.1) is 0 Å². The van der Waals surface area contributed by atoms with Gasteiger partial charge in [-0.2, -0.15) is 0 Å². The van der Waals surface area contributed by atoms with Crippen molar-refractivity contribution in [1.82, 2.24) is 4.89 Å². The number of hydrogen-bond acceptors (Lipinski definition) is 1. The average Bonchev–Trinajstić information content (AvgIpc) is 2.05. The monoisotopic (exact) mass is 133 g/mol. The fourth-order valence-electron chi connectivity index (χ4n) is 0.877. The quantitative estimate of drug-likeness (QED) is 0.600. The van der Waals surface area contributed by atoms with Gasteiger partial charge in [0.15, 0.2) is 0 Å². The molecule has 0 spiro atoms. The molecule has 0 fully saturated rings. The van der Waals surface area contributed by atoms with Crippen molar-refractivity contribution in [3.05, 3.63) is 23.8 Å². The Hall–Kier alpha value is -0.655. The molecule has 1 aromatic rings. The topological polar surface area (TPSA) is 12.9 Å². The Balaban J connectivity index is 2.75. The first-order chi connectivity index (χ1) is 4.84. The predicted molar refractivity (Wildman–Crippen MR) is 44.3 cm³/mol. The van der Waals surface area contributed by atoms with Gasteiger partial charge < -0.3 is 0 Å². The Labute approximate surface area is 62.7 Å². The molecule has 0 amide bonds. The van der Waals surface area contributed by atoms with Gasteiger partial charge in [-0.3, -0.25) is 0 Å². The molecule has 1 heterocycles. The third-order valence-corrected chi connectivity index (χ3v) is 1.81. The van der Waals surface area contributed by atoms with Crippen LogP contribution in [-0.2, 0) is 0 Å². The van der Waals surface area contributed by atoms with Crippen molar-refractivity contribution in [3.63, 3.8) is 0 Å². The van der Waals surface area contributed by atoms with Crippen LogP contribution in [0.5, 0.6) is 0 Å². The maximum atomic E-state index is 4.25. The summed E-state index contributed by atoms with van der Waals surface area (Å²) in [5, 5.41) is 0. The summed E-state index contributed by atoms with van der Waals surface area (Å²) in [6.07, 6.45) is 1.16. The summed E-state index contributed by atoms with van der Waals surface area (Å²) < 4.78 is 0. The molecule has 0 N–H and O–H groups in total. The minimum atomic E-state index is 0.598. The van der Waals surface area contributed by atoms with Gasteiger partial charge in [-0.15, -0.1) is 0 Å². The molecule has 1 nitrogen and oxygen atoms in total. The first-order valence-electron chi connectivity index (χ1n) is 3.75. The van der Waals surface area contributed by atoms with Crippen molar-refractivity contribution < 1.29 is 0 Å². The van der Waals surface area contributed by atoms with Gasteiger partial charge in [-0.1, -0.05) is 0 Å². The zero-order valence-electron chi connectivity index (χ0n) is 6.54. The van der Waals surface area contributed by atoms with E-state index in [4.69, 9.17) is 0 Å². The van der Waals surface area contributed by atoms with E-state index in [9.17, 15) is 0 Å². The molecular weight excluding hydrogens is 121 g/mol. The molecule has 1 unspecified atom stereocenters. The van der Waals surface area contributed by atoms with Gasteiger partial charge in [0.2, 0.25) is 0 Å². The van der Waals surface area contributed by atoms with Crippen LogP contribution < -0.4 is 0 Å². The first kappa shape index (κ1) is 7.45. The Morgan fingerprint density at radius 1 is 1.70 bits per heavy atom. The van der Waals surface area contributed by atoms with Crippen LogP contribution in [-0.4, -0.2) is 11.9 Å². The average molecular weight is 133 g/mol. The zero-order chi connectivity index (χ0) is 7.40. The predicted octanol–water partition coefficient (Wildman–Crippen LogP) is 1.93. The van der Waals surface area contributed by atoms with Crippen LogP contribution in [0.2, 0.25) is 0 Å². The van der Waals surface area contributed by atoms with Gasteiger partial charge in [0.05, 0.1) is 0 Å². The molecule has 0 aliphatic heterocycles. The van der Waals surface area contributed by atoms with E-state index >= 15 is 0 Å². The summed E-state index contributed by atoms with van der Waals surface area (Å²) >= 11 is 0. The minimum absolute atomic E-state index is 0.598. The zero-order valence-corrected chi connectivity index (χ0v) is 6.54. The molecule has 0 bridgehead atoms. The Bertz CT molecular complexity index is 186. The summed E-state index contributed by atoms with van der Waals surface area (Å²) in [4.78, 5) is 4.25. The molecule has 0 saturated carbocycles. The summed E-state index contributed by atoms with van der Waals surface area (Å²) in [5.74, 6) is 2.55. The fraction of sp³-hybridized carbons (Fsp3) is 0.500. The van der Waals surface area contributed by atoms with Crippen molar-refractivity contribution >= 4 is 7.05 Å². The molecule has 0 radical (unpaired) electrons. The SMILES string of the molecule is CCC(C)c1cccbn1. The fourth-order valence-corrected chi connectivity index (χ4v) is 0.877. The van der Waals surface area contributed by atoms with Gasteiger partial charge in [0, 0.05) is 0 Å². The van der Waals surface area contributed by atoms with E-state index < -0.39 is 0 Å². The van der Waals surface area contributed by atoms with Gasteiger partial charge in [0.1, 0.15) is 0 Å². The van der Waals surface area contributed by atoms with Crippen molar-refractivity contribution in [2.24, 2.45) is 0 Å². The van der Waals surface area contributed by atoms with Crippen LogP contribution in [0.1, 0.15) is 31.9 Å². The van der Waals surface area contributed by atoms with Gasteiger partial charge in [0.25, 0.3) is 0 Å². The van der Waals surface area contributed by atoms with E-state index in [0.29, 0.717) is 5.92 Å². The molecular formula is C8H12BN. The molecule has 1 rings (SSSR count). The Morgan fingerprint density at radius 3 is 3.00 bits per heavy atom. The van der Waals surface area contributed by atoms with Gasteiger partial charge in [-0.05, 0) is 0 Å². The number of nitrogens with zero attached hydrogens (tertiary/aromatic N) is 1. The molecule has 0 aliphatic rings. The van der Waals surface area contributed by atoms with Crippen LogP contribution in [0.3, 0.4) is 0 Å². The third-order valence-electron chi connectivity index (χ3n) is 1.81. The summed E-state index contributed by atoms with van der Waals surface area (Å²) in [7, 11) is 1.85. The van der Waals surface area contributed by atoms with Crippen molar-refractivity contribution in [1.29, 1.82) is 0 Å². The van der Waals surface area contributed by atoms with E-state index in [2.05, 4.69) is 24.8 Å². The number of hydrogen-bond donors (Lipinski definition) is 0. The first-order valence-corrected chi connectivity index (χ1v) is 3.75. The van der Waals surface area contributed by atoms with Crippen molar-refractivity contribution in [2.75, 3.05) is 0 Å². The molecule has 52 valence electrons. The normalized spacial score (nSPS) is 12.6. The van der Waals surface area contributed by atoms with Crippen LogP contribution in [0.25, 0.3) is 0 Å². The number of aromatic nitrogens is 1. The van der Waals surface area contributed by atoms with Gasteiger partial charge >= 0.3 is 61.9 Å². The summed E-state index contributed by atoms with van der Waals surface area (Å²) in [6, 6.07) is 4.11. The van der Waals surface area contributed by atoms with E-state index in [1.807, 2.05) is 19.1 Å². The molecule has 0 saturated heterocycles. The molecule has 10 heavy (non-hydrogen) atoms. The molecule has 0 aliphatic carbocycles. The summed E-state index contributed by atoms with van der Waals surface area (Å²) in [6.45, 7) is 4.38. The molecule has 0 aromatic carbocycles. The maximum absolute atomic E-state index is 4.25. The number of rotatable bonds is 2. The van der Waals surface area contributed by atoms with E-state index in [-0.39, 0.29) is 0 Å². The Kier molecular flexibility index (Phi) is 2.61. The van der Waals surface area contributed by atoms with E-state index in [0.717, 1.165) is 6.42 Å². The van der Waals surface area contributed by atoms with Crippen molar-refractivity contribution in [2.45, 2.75) is 26.2 Å². The van der Waals surface area contributed by atoms with Crippen LogP contribution in [0.15, 0.2) is 18.1 Å². The van der Waals surface area contributed by atoms with Gasteiger partial charge in [-0.25, -0.2) is 0 Å².